The van der Waals surface area contributed by atoms with Crippen molar-refractivity contribution in [1.29, 1.82) is 0 Å². The number of carbonyl (C=O) groups is 1. The maximum Gasteiger partial charge on any atom is 0.326 e. The predicted molar refractivity (Wildman–Crippen MR) is 84.3 cm³/mol. The molecule has 122 valence electrons. The standard InChI is InChI=1S/C16H31N3O2/c1-5-17-16(15(20)21-4)9-6-7-13(11-16)19-10-8-14(12-19)18(2)3/h13-14,17H,5-12H2,1-4H3. The topological polar surface area (TPSA) is 44.8 Å². The smallest absolute Gasteiger partial charge is 0.326 e. The Bertz CT molecular complexity index is 357. The highest BCUT2D eigenvalue weighted by molar-refractivity contribution is 5.81. The Kier molecular flexibility index (Phi) is 5.63. The van der Waals surface area contributed by atoms with Crippen LogP contribution >= 0.6 is 0 Å². The van der Waals surface area contributed by atoms with E-state index in [1.54, 1.807) is 0 Å². The average molecular weight is 297 g/mol. The molecule has 1 saturated carbocycles. The summed E-state index contributed by atoms with van der Waals surface area (Å²) in [4.78, 5) is 17.2. The average Bonchev–Trinajstić information content (AvgIpc) is 2.97. The van der Waals surface area contributed by atoms with E-state index in [0.29, 0.717) is 12.1 Å². The number of hydrogen-bond acceptors (Lipinski definition) is 5. The molecule has 1 aliphatic carbocycles. The summed E-state index contributed by atoms with van der Waals surface area (Å²) in [7, 11) is 5.82. The van der Waals surface area contributed by atoms with E-state index in [1.807, 2.05) is 0 Å². The van der Waals surface area contributed by atoms with Gasteiger partial charge in [-0.3, -0.25) is 9.69 Å². The predicted octanol–water partition coefficient (Wildman–Crippen LogP) is 1.09. The first-order chi connectivity index (χ1) is 10.0. The van der Waals surface area contributed by atoms with E-state index in [-0.39, 0.29) is 5.97 Å². The number of nitrogens with zero attached hydrogens (tertiary/aromatic N) is 2. The molecule has 2 rings (SSSR count). The first-order valence-electron chi connectivity index (χ1n) is 8.26. The molecule has 1 N–H and O–H groups in total. The van der Waals surface area contributed by atoms with Gasteiger partial charge < -0.3 is 15.0 Å². The van der Waals surface area contributed by atoms with Gasteiger partial charge in [0.1, 0.15) is 5.54 Å². The van der Waals surface area contributed by atoms with Gasteiger partial charge in [0.05, 0.1) is 7.11 Å². The summed E-state index contributed by atoms with van der Waals surface area (Å²) >= 11 is 0. The molecule has 5 heteroatoms. The molecule has 21 heavy (non-hydrogen) atoms. The summed E-state index contributed by atoms with van der Waals surface area (Å²) in [5.41, 5.74) is -0.470. The van der Waals surface area contributed by atoms with Crippen molar-refractivity contribution in [1.82, 2.24) is 15.1 Å². The number of carbonyl (C=O) groups excluding carboxylic acids is 1. The minimum absolute atomic E-state index is 0.0857. The lowest BCUT2D eigenvalue weighted by Crippen LogP contribution is -2.58. The Morgan fingerprint density at radius 3 is 2.76 bits per heavy atom. The van der Waals surface area contributed by atoms with E-state index in [4.69, 9.17) is 4.74 Å². The van der Waals surface area contributed by atoms with Crippen LogP contribution in [0.15, 0.2) is 0 Å². The molecule has 0 bridgehead atoms. The fourth-order valence-corrected chi connectivity index (χ4v) is 4.03. The monoisotopic (exact) mass is 297 g/mol. The number of hydrogen-bond donors (Lipinski definition) is 1. The fourth-order valence-electron chi connectivity index (χ4n) is 4.03. The highest BCUT2D eigenvalue weighted by atomic mass is 16.5. The van der Waals surface area contributed by atoms with Gasteiger partial charge in [0.2, 0.25) is 0 Å². The molecule has 1 heterocycles. The second kappa shape index (κ2) is 7.07. The largest absolute Gasteiger partial charge is 0.468 e. The number of methoxy groups -OCH3 is 1. The quantitative estimate of drug-likeness (QED) is 0.770. The highest BCUT2D eigenvalue weighted by Gasteiger charge is 2.45. The van der Waals surface area contributed by atoms with E-state index in [9.17, 15) is 4.79 Å². The molecule has 2 aliphatic rings. The van der Waals surface area contributed by atoms with E-state index >= 15 is 0 Å². The summed E-state index contributed by atoms with van der Waals surface area (Å²) in [5, 5.41) is 3.42. The molecule has 3 atom stereocenters. The van der Waals surface area contributed by atoms with Crippen molar-refractivity contribution >= 4 is 5.97 Å². The number of rotatable bonds is 5. The maximum absolute atomic E-state index is 12.3. The molecule has 0 amide bonds. The molecule has 1 aliphatic heterocycles. The van der Waals surface area contributed by atoms with Crippen molar-refractivity contribution in [3.05, 3.63) is 0 Å². The third kappa shape index (κ3) is 3.58. The van der Waals surface area contributed by atoms with Crippen LogP contribution in [-0.2, 0) is 9.53 Å². The molecule has 0 aromatic rings. The summed E-state index contributed by atoms with van der Waals surface area (Å²) in [6.07, 6.45) is 5.30. The molecular weight excluding hydrogens is 266 g/mol. The normalized spacial score (nSPS) is 34.3. The minimum Gasteiger partial charge on any atom is -0.468 e. The molecule has 0 radical (unpaired) electrons. The van der Waals surface area contributed by atoms with Gasteiger partial charge in [-0.2, -0.15) is 0 Å². The van der Waals surface area contributed by atoms with Gasteiger partial charge in [-0.25, -0.2) is 0 Å². The van der Waals surface area contributed by atoms with Gasteiger partial charge in [0.15, 0.2) is 0 Å². The third-order valence-electron chi connectivity index (χ3n) is 5.26. The van der Waals surface area contributed by atoms with Crippen molar-refractivity contribution in [2.45, 2.75) is 56.7 Å². The highest BCUT2D eigenvalue weighted by Crippen LogP contribution is 2.34. The first-order valence-corrected chi connectivity index (χ1v) is 8.26. The van der Waals surface area contributed by atoms with Crippen LogP contribution in [0.3, 0.4) is 0 Å². The number of likely N-dealkylation sites (tertiary alicyclic amines) is 1. The Hall–Kier alpha value is -0.650. The zero-order valence-electron chi connectivity index (χ0n) is 14.0. The molecule has 1 saturated heterocycles. The van der Waals surface area contributed by atoms with Crippen LogP contribution in [0, 0.1) is 0 Å². The van der Waals surface area contributed by atoms with Crippen LogP contribution < -0.4 is 5.32 Å². The van der Waals surface area contributed by atoms with Crippen LogP contribution in [0.5, 0.6) is 0 Å². The van der Waals surface area contributed by atoms with Gasteiger partial charge in [-0.1, -0.05) is 6.92 Å². The molecule has 0 aromatic heterocycles. The van der Waals surface area contributed by atoms with Gasteiger partial charge in [-0.15, -0.1) is 0 Å². The first kappa shape index (κ1) is 16.7. The van der Waals surface area contributed by atoms with E-state index in [0.717, 1.165) is 38.9 Å². The molecule has 2 fully saturated rings. The maximum atomic E-state index is 12.3. The van der Waals surface area contributed by atoms with Crippen LogP contribution in [0.2, 0.25) is 0 Å². The van der Waals surface area contributed by atoms with Gasteiger partial charge in [-0.05, 0) is 52.7 Å². The molecular formula is C16H31N3O2. The Morgan fingerprint density at radius 1 is 1.43 bits per heavy atom. The number of likely N-dealkylation sites (N-methyl/N-ethyl adjacent to an activating group) is 2. The van der Waals surface area contributed by atoms with Crippen LogP contribution in [-0.4, -0.2) is 74.2 Å². The summed E-state index contributed by atoms with van der Waals surface area (Å²) < 4.78 is 5.09. The Balaban J connectivity index is 2.04. The SMILES string of the molecule is CCNC1(C(=O)OC)CCCC(N2CCC(N(C)C)C2)C1. The summed E-state index contributed by atoms with van der Waals surface area (Å²) in [5.74, 6) is -0.0857. The second-order valence-electron chi connectivity index (χ2n) is 6.76. The van der Waals surface area contributed by atoms with E-state index in [1.165, 1.54) is 20.0 Å². The van der Waals surface area contributed by atoms with Crippen molar-refractivity contribution < 1.29 is 9.53 Å². The van der Waals surface area contributed by atoms with Crippen molar-refractivity contribution in [2.24, 2.45) is 0 Å². The van der Waals surface area contributed by atoms with Gasteiger partial charge in [0.25, 0.3) is 0 Å². The number of esters is 1. The van der Waals surface area contributed by atoms with Crippen molar-refractivity contribution in [3.63, 3.8) is 0 Å². The van der Waals surface area contributed by atoms with Gasteiger partial charge in [0, 0.05) is 25.2 Å². The lowest BCUT2D eigenvalue weighted by molar-refractivity contribution is -0.151. The minimum atomic E-state index is -0.470. The molecule has 5 nitrogen and oxygen atoms in total. The Labute approximate surface area is 129 Å². The van der Waals surface area contributed by atoms with Crippen LogP contribution in [0.1, 0.15) is 39.0 Å². The molecule has 3 unspecified atom stereocenters. The van der Waals surface area contributed by atoms with E-state index < -0.39 is 5.54 Å². The molecule has 0 spiro atoms. The zero-order chi connectivity index (χ0) is 15.5. The summed E-state index contributed by atoms with van der Waals surface area (Å²) in [6, 6.07) is 1.15. The second-order valence-corrected chi connectivity index (χ2v) is 6.76. The van der Waals surface area contributed by atoms with E-state index in [2.05, 4.69) is 36.1 Å². The Morgan fingerprint density at radius 2 is 2.19 bits per heavy atom. The zero-order valence-corrected chi connectivity index (χ0v) is 14.0. The lowest BCUT2D eigenvalue weighted by atomic mass is 9.78. The van der Waals surface area contributed by atoms with Crippen LogP contribution in [0.4, 0.5) is 0 Å². The van der Waals surface area contributed by atoms with Crippen molar-refractivity contribution in [2.75, 3.05) is 40.8 Å². The summed E-state index contributed by atoms with van der Waals surface area (Å²) in [6.45, 7) is 5.15. The lowest BCUT2D eigenvalue weighted by Gasteiger charge is -2.42. The number of ether oxygens (including phenoxy) is 1. The van der Waals surface area contributed by atoms with Crippen molar-refractivity contribution in [3.8, 4) is 0 Å². The third-order valence-corrected chi connectivity index (χ3v) is 5.26. The van der Waals surface area contributed by atoms with Gasteiger partial charge >= 0.3 is 5.97 Å². The fraction of sp³-hybridized carbons (Fsp3) is 0.938. The van der Waals surface area contributed by atoms with Crippen LogP contribution in [0.25, 0.3) is 0 Å². The number of nitrogens with one attached hydrogen (secondary N) is 1. The molecule has 0 aromatic carbocycles.